The van der Waals surface area contributed by atoms with E-state index >= 15 is 0 Å². The summed E-state index contributed by atoms with van der Waals surface area (Å²) >= 11 is 1.37. The maximum Gasteiger partial charge on any atom is 0.350 e. The van der Waals surface area contributed by atoms with Crippen molar-refractivity contribution in [3.8, 4) is 10.6 Å². The third-order valence-corrected chi connectivity index (χ3v) is 5.94. The minimum atomic E-state index is -0.326. The maximum atomic E-state index is 13.4. The molecule has 2 aromatic carbocycles. The predicted molar refractivity (Wildman–Crippen MR) is 125 cm³/mol. The fourth-order valence-corrected chi connectivity index (χ4v) is 4.32. The summed E-state index contributed by atoms with van der Waals surface area (Å²) in [6.07, 6.45) is 1.78. The molecule has 1 N–H and O–H groups in total. The van der Waals surface area contributed by atoms with Crippen molar-refractivity contribution in [2.75, 3.05) is 5.32 Å². The van der Waals surface area contributed by atoms with E-state index in [4.69, 9.17) is 0 Å². The van der Waals surface area contributed by atoms with E-state index in [9.17, 15) is 14.0 Å². The molecular formula is C24H18FN5O2S. The monoisotopic (exact) mass is 459 g/mol. The molecule has 0 fully saturated rings. The van der Waals surface area contributed by atoms with Gasteiger partial charge in [-0.05, 0) is 42.0 Å². The highest BCUT2D eigenvalue weighted by Gasteiger charge is 2.11. The van der Waals surface area contributed by atoms with E-state index in [1.807, 2.05) is 24.3 Å². The topological polar surface area (TPSA) is 81.3 Å². The second-order valence-electron chi connectivity index (χ2n) is 7.45. The molecule has 0 saturated heterocycles. The first kappa shape index (κ1) is 20.8. The summed E-state index contributed by atoms with van der Waals surface area (Å²) in [5.74, 6) is -0.541. The molecule has 0 aliphatic rings. The average molecular weight is 460 g/mol. The Bertz CT molecular complexity index is 1520. The number of hydrogen-bond donors (Lipinski definition) is 1. The van der Waals surface area contributed by atoms with Crippen molar-refractivity contribution >= 4 is 28.6 Å². The SMILES string of the molecule is O=C(Cc1csc(-c2cccc(F)c2)n1)Nc1cccc(Cn2nc3ccccn3c2=O)c1. The van der Waals surface area contributed by atoms with E-state index in [0.717, 1.165) is 5.56 Å². The highest BCUT2D eigenvalue weighted by atomic mass is 32.1. The second kappa shape index (κ2) is 8.79. The maximum absolute atomic E-state index is 13.4. The Morgan fingerprint density at radius 1 is 1.06 bits per heavy atom. The summed E-state index contributed by atoms with van der Waals surface area (Å²) < 4.78 is 16.3. The molecule has 0 atom stereocenters. The number of nitrogens with one attached hydrogen (secondary N) is 1. The largest absolute Gasteiger partial charge is 0.350 e. The third kappa shape index (κ3) is 4.58. The van der Waals surface area contributed by atoms with Crippen molar-refractivity contribution in [3.05, 3.63) is 106 Å². The molecule has 0 aliphatic heterocycles. The standard InChI is InChI=1S/C24H18FN5O2S/c25-18-7-4-6-17(12-18)23-27-20(15-33-23)13-22(31)26-19-8-3-5-16(11-19)14-30-24(32)29-10-2-1-9-21(29)28-30/h1-12,15H,13-14H2,(H,26,31). The van der Waals surface area contributed by atoms with Crippen molar-refractivity contribution in [2.24, 2.45) is 0 Å². The van der Waals surface area contributed by atoms with Gasteiger partial charge in [0, 0.05) is 22.8 Å². The molecule has 0 radical (unpaired) electrons. The van der Waals surface area contributed by atoms with Crippen LogP contribution in [0.25, 0.3) is 16.2 Å². The van der Waals surface area contributed by atoms with E-state index in [-0.39, 0.29) is 30.4 Å². The van der Waals surface area contributed by atoms with Crippen LogP contribution < -0.4 is 11.0 Å². The van der Waals surface area contributed by atoms with Gasteiger partial charge in [-0.15, -0.1) is 16.4 Å². The Labute approximate surface area is 191 Å². The van der Waals surface area contributed by atoms with Crippen LogP contribution in [0, 0.1) is 5.82 Å². The number of thiazole rings is 1. The molecule has 0 saturated carbocycles. The Morgan fingerprint density at radius 2 is 1.94 bits per heavy atom. The van der Waals surface area contributed by atoms with E-state index < -0.39 is 0 Å². The highest BCUT2D eigenvalue weighted by molar-refractivity contribution is 7.13. The summed E-state index contributed by atoms with van der Waals surface area (Å²) in [5, 5.41) is 9.67. The molecular weight excluding hydrogens is 441 g/mol. The van der Waals surface area contributed by atoms with Crippen molar-refractivity contribution in [3.63, 3.8) is 0 Å². The number of hydrogen-bond acceptors (Lipinski definition) is 5. The van der Waals surface area contributed by atoms with Gasteiger partial charge in [0.05, 0.1) is 18.7 Å². The Hall–Kier alpha value is -4.11. The lowest BCUT2D eigenvalue weighted by molar-refractivity contribution is -0.115. The molecule has 3 aromatic heterocycles. The van der Waals surface area contributed by atoms with Crippen molar-refractivity contribution < 1.29 is 9.18 Å². The molecule has 3 heterocycles. The summed E-state index contributed by atoms with van der Waals surface area (Å²) in [4.78, 5) is 29.5. The smallest absolute Gasteiger partial charge is 0.326 e. The number of nitrogens with zero attached hydrogens (tertiary/aromatic N) is 4. The summed E-state index contributed by atoms with van der Waals surface area (Å²) in [5.41, 5.74) is 3.10. The number of amides is 1. The van der Waals surface area contributed by atoms with Crippen LogP contribution in [0.4, 0.5) is 10.1 Å². The molecule has 0 bridgehead atoms. The zero-order chi connectivity index (χ0) is 22.8. The zero-order valence-electron chi connectivity index (χ0n) is 17.3. The van der Waals surface area contributed by atoms with Gasteiger partial charge >= 0.3 is 5.69 Å². The first-order valence-corrected chi connectivity index (χ1v) is 11.1. The summed E-state index contributed by atoms with van der Waals surface area (Å²) in [6, 6.07) is 18.9. The van der Waals surface area contributed by atoms with Gasteiger partial charge in [0.15, 0.2) is 5.65 Å². The number of carbonyl (C=O) groups excluding carboxylic acids is 1. The minimum absolute atomic E-state index is 0.0991. The molecule has 7 nitrogen and oxygen atoms in total. The molecule has 0 unspecified atom stereocenters. The Morgan fingerprint density at radius 3 is 2.79 bits per heavy atom. The summed E-state index contributed by atoms with van der Waals surface area (Å²) in [7, 11) is 0. The molecule has 164 valence electrons. The zero-order valence-corrected chi connectivity index (χ0v) is 18.1. The van der Waals surface area contributed by atoms with Gasteiger partial charge < -0.3 is 5.32 Å². The third-order valence-electron chi connectivity index (χ3n) is 5.00. The first-order chi connectivity index (χ1) is 16.0. The molecule has 33 heavy (non-hydrogen) atoms. The molecule has 5 aromatic rings. The normalized spacial score (nSPS) is 11.1. The Kier molecular flexibility index (Phi) is 5.54. The molecule has 0 aliphatic carbocycles. The minimum Gasteiger partial charge on any atom is -0.326 e. The van der Waals surface area contributed by atoms with Gasteiger partial charge in [-0.3, -0.25) is 9.20 Å². The van der Waals surface area contributed by atoms with Crippen molar-refractivity contribution in [1.82, 2.24) is 19.2 Å². The highest BCUT2D eigenvalue weighted by Crippen LogP contribution is 2.24. The van der Waals surface area contributed by atoms with Crippen LogP contribution in [0.15, 0.2) is 83.1 Å². The quantitative estimate of drug-likeness (QED) is 0.416. The van der Waals surface area contributed by atoms with Crippen LogP contribution in [0.1, 0.15) is 11.3 Å². The number of anilines is 1. The van der Waals surface area contributed by atoms with Gasteiger partial charge in [0.2, 0.25) is 5.91 Å². The summed E-state index contributed by atoms with van der Waals surface area (Å²) in [6.45, 7) is 0.285. The van der Waals surface area contributed by atoms with E-state index in [1.165, 1.54) is 32.6 Å². The van der Waals surface area contributed by atoms with Gasteiger partial charge in [0.1, 0.15) is 10.8 Å². The van der Waals surface area contributed by atoms with Crippen LogP contribution >= 0.6 is 11.3 Å². The van der Waals surface area contributed by atoms with Crippen LogP contribution in [0.5, 0.6) is 0 Å². The predicted octanol–water partition coefficient (Wildman–Crippen LogP) is 3.99. The number of pyridine rings is 1. The Balaban J connectivity index is 1.26. The fourth-order valence-electron chi connectivity index (χ4n) is 3.50. The molecule has 9 heteroatoms. The van der Waals surface area contributed by atoms with E-state index in [1.54, 1.807) is 41.9 Å². The number of halogens is 1. The average Bonchev–Trinajstić information content (AvgIpc) is 3.39. The molecule has 0 spiro atoms. The number of fused-ring (bicyclic) bond motifs is 1. The lowest BCUT2D eigenvalue weighted by atomic mass is 10.2. The second-order valence-corrected chi connectivity index (χ2v) is 8.31. The van der Waals surface area contributed by atoms with Gasteiger partial charge in [0.25, 0.3) is 0 Å². The molecule has 5 rings (SSSR count). The number of rotatable bonds is 6. The lowest BCUT2D eigenvalue weighted by Gasteiger charge is -2.07. The van der Waals surface area contributed by atoms with Crippen molar-refractivity contribution in [1.29, 1.82) is 0 Å². The van der Waals surface area contributed by atoms with Crippen LogP contribution in [-0.2, 0) is 17.8 Å². The van der Waals surface area contributed by atoms with E-state index in [0.29, 0.717) is 27.6 Å². The van der Waals surface area contributed by atoms with E-state index in [2.05, 4.69) is 15.4 Å². The van der Waals surface area contributed by atoms with Crippen LogP contribution in [0.2, 0.25) is 0 Å². The lowest BCUT2D eigenvalue weighted by Crippen LogP contribution is -2.21. The number of carbonyl (C=O) groups is 1. The molecule has 1 amide bonds. The number of benzene rings is 2. The number of aromatic nitrogens is 4. The van der Waals surface area contributed by atoms with Gasteiger partial charge in [-0.25, -0.2) is 18.9 Å². The first-order valence-electron chi connectivity index (χ1n) is 10.2. The van der Waals surface area contributed by atoms with Gasteiger partial charge in [-0.1, -0.05) is 30.3 Å². The fraction of sp³-hybridized carbons (Fsp3) is 0.0833. The van der Waals surface area contributed by atoms with Crippen molar-refractivity contribution in [2.45, 2.75) is 13.0 Å². The van der Waals surface area contributed by atoms with Crippen LogP contribution in [0.3, 0.4) is 0 Å². The van der Waals surface area contributed by atoms with Gasteiger partial charge in [-0.2, -0.15) is 0 Å². The van der Waals surface area contributed by atoms with Crippen LogP contribution in [-0.4, -0.2) is 25.1 Å².